The lowest BCUT2D eigenvalue weighted by Crippen LogP contribution is -2.36. The summed E-state index contributed by atoms with van der Waals surface area (Å²) in [6.07, 6.45) is 0. The first-order valence-electron chi connectivity index (χ1n) is 7.24. The van der Waals surface area contributed by atoms with E-state index in [2.05, 4.69) is 41.5 Å². The molecule has 1 aromatic carbocycles. The van der Waals surface area contributed by atoms with E-state index in [4.69, 9.17) is 16.3 Å². The van der Waals surface area contributed by atoms with E-state index >= 15 is 0 Å². The van der Waals surface area contributed by atoms with Gasteiger partial charge in [-0.05, 0) is 38.1 Å². The largest absolute Gasteiger partial charge is 0.379 e. The second-order valence-corrected chi connectivity index (χ2v) is 6.13. The Hall–Kier alpha value is -1.03. The fourth-order valence-corrected chi connectivity index (χ4v) is 3.16. The Morgan fingerprint density at radius 2 is 1.95 bits per heavy atom. The van der Waals surface area contributed by atoms with Crippen LogP contribution in [0.1, 0.15) is 25.6 Å². The summed E-state index contributed by atoms with van der Waals surface area (Å²) in [6.45, 7) is 9.16. The number of rotatable bonds is 3. The molecule has 0 spiro atoms. The van der Waals surface area contributed by atoms with Crippen molar-refractivity contribution in [3.05, 3.63) is 35.0 Å². The summed E-state index contributed by atoms with van der Waals surface area (Å²) in [5.41, 5.74) is 2.63. The molecule has 0 amide bonds. The third-order valence-electron chi connectivity index (χ3n) is 3.89. The van der Waals surface area contributed by atoms with E-state index in [9.17, 15) is 0 Å². The van der Waals surface area contributed by atoms with Gasteiger partial charge >= 0.3 is 0 Å². The van der Waals surface area contributed by atoms with Gasteiger partial charge in [0, 0.05) is 47.3 Å². The van der Waals surface area contributed by atoms with Crippen molar-refractivity contribution in [3.8, 4) is 0 Å². The van der Waals surface area contributed by atoms with Gasteiger partial charge in [-0.25, -0.2) is 0 Å². The van der Waals surface area contributed by atoms with Gasteiger partial charge in [0.15, 0.2) is 0 Å². The van der Waals surface area contributed by atoms with Crippen LogP contribution in [-0.2, 0) is 11.3 Å². The molecule has 3 rings (SSSR count). The Morgan fingerprint density at radius 1 is 1.20 bits per heavy atom. The molecule has 0 bridgehead atoms. The molecule has 20 heavy (non-hydrogen) atoms. The summed E-state index contributed by atoms with van der Waals surface area (Å²) >= 11 is 6.12. The Balaban J connectivity index is 1.97. The Labute approximate surface area is 125 Å². The molecule has 2 aromatic rings. The first-order valence-corrected chi connectivity index (χ1v) is 7.62. The van der Waals surface area contributed by atoms with Crippen LogP contribution < -0.4 is 0 Å². The molecule has 3 nitrogen and oxygen atoms in total. The number of fused-ring (bicyclic) bond motifs is 1. The molecule has 0 N–H and O–H groups in total. The predicted octanol–water partition coefficient (Wildman–Crippen LogP) is 3.71. The highest BCUT2D eigenvalue weighted by molar-refractivity contribution is 6.31. The first kappa shape index (κ1) is 13.9. The third-order valence-corrected chi connectivity index (χ3v) is 4.12. The average molecular weight is 293 g/mol. The number of hydrogen-bond acceptors (Lipinski definition) is 2. The quantitative estimate of drug-likeness (QED) is 0.858. The topological polar surface area (TPSA) is 17.4 Å². The van der Waals surface area contributed by atoms with Crippen molar-refractivity contribution in [3.63, 3.8) is 0 Å². The second kappa shape index (κ2) is 5.76. The van der Waals surface area contributed by atoms with Crippen LogP contribution in [0.5, 0.6) is 0 Å². The van der Waals surface area contributed by atoms with Gasteiger partial charge in [0.05, 0.1) is 13.2 Å². The second-order valence-electron chi connectivity index (χ2n) is 5.69. The molecule has 0 radical (unpaired) electrons. The molecule has 1 aliphatic heterocycles. The van der Waals surface area contributed by atoms with Gasteiger partial charge < -0.3 is 9.30 Å². The van der Waals surface area contributed by atoms with E-state index in [1.165, 1.54) is 16.6 Å². The standard InChI is InChI=1S/C16H21ClN2O/c1-12(2)19-15(11-18-5-7-20-8-6-18)10-13-9-14(17)3-4-16(13)19/h3-4,9-10,12H,5-8,11H2,1-2H3. The summed E-state index contributed by atoms with van der Waals surface area (Å²) in [7, 11) is 0. The molecule has 4 heteroatoms. The minimum absolute atomic E-state index is 0.449. The summed E-state index contributed by atoms with van der Waals surface area (Å²) in [4.78, 5) is 2.46. The van der Waals surface area contributed by atoms with E-state index in [-0.39, 0.29) is 0 Å². The molecule has 1 saturated heterocycles. The van der Waals surface area contributed by atoms with Crippen molar-refractivity contribution in [2.45, 2.75) is 26.4 Å². The minimum Gasteiger partial charge on any atom is -0.379 e. The Morgan fingerprint density at radius 3 is 2.65 bits per heavy atom. The van der Waals surface area contributed by atoms with Gasteiger partial charge in [-0.1, -0.05) is 11.6 Å². The molecular formula is C16H21ClN2O. The van der Waals surface area contributed by atoms with Crippen molar-refractivity contribution < 1.29 is 4.74 Å². The van der Waals surface area contributed by atoms with Crippen LogP contribution in [0.3, 0.4) is 0 Å². The van der Waals surface area contributed by atoms with Gasteiger partial charge in [0.2, 0.25) is 0 Å². The number of morpholine rings is 1. The predicted molar refractivity (Wildman–Crippen MR) is 83.4 cm³/mol. The van der Waals surface area contributed by atoms with E-state index in [0.29, 0.717) is 6.04 Å². The fourth-order valence-electron chi connectivity index (χ4n) is 2.98. The van der Waals surface area contributed by atoms with Crippen LogP contribution >= 0.6 is 11.6 Å². The molecule has 1 aromatic heterocycles. The lowest BCUT2D eigenvalue weighted by Gasteiger charge is -2.27. The molecule has 108 valence electrons. The van der Waals surface area contributed by atoms with E-state index < -0.39 is 0 Å². The van der Waals surface area contributed by atoms with Crippen LogP contribution in [0.15, 0.2) is 24.3 Å². The summed E-state index contributed by atoms with van der Waals surface area (Å²) in [5, 5.41) is 2.03. The van der Waals surface area contributed by atoms with E-state index in [0.717, 1.165) is 37.9 Å². The lowest BCUT2D eigenvalue weighted by molar-refractivity contribution is 0.0331. The maximum absolute atomic E-state index is 6.12. The number of hydrogen-bond donors (Lipinski definition) is 0. The van der Waals surface area contributed by atoms with Crippen molar-refractivity contribution in [2.75, 3.05) is 26.3 Å². The molecular weight excluding hydrogens is 272 g/mol. The van der Waals surface area contributed by atoms with Crippen molar-refractivity contribution in [2.24, 2.45) is 0 Å². The fraction of sp³-hybridized carbons (Fsp3) is 0.500. The first-order chi connectivity index (χ1) is 9.65. The monoisotopic (exact) mass is 292 g/mol. The third kappa shape index (κ3) is 2.71. The highest BCUT2D eigenvalue weighted by atomic mass is 35.5. The number of nitrogens with zero attached hydrogens (tertiary/aromatic N) is 2. The SMILES string of the molecule is CC(C)n1c(CN2CCOCC2)cc2cc(Cl)ccc21. The molecule has 1 fully saturated rings. The normalized spacial score (nSPS) is 17.2. The Kier molecular flexibility index (Phi) is 4.01. The van der Waals surface area contributed by atoms with Gasteiger partial charge in [0.25, 0.3) is 0 Å². The lowest BCUT2D eigenvalue weighted by atomic mass is 10.2. The molecule has 0 saturated carbocycles. The number of ether oxygens (including phenoxy) is 1. The zero-order valence-electron chi connectivity index (χ0n) is 12.1. The summed E-state index contributed by atoms with van der Waals surface area (Å²) in [6, 6.07) is 8.88. The minimum atomic E-state index is 0.449. The number of aromatic nitrogens is 1. The van der Waals surface area contributed by atoms with Gasteiger partial charge in [-0.3, -0.25) is 4.90 Å². The zero-order valence-corrected chi connectivity index (χ0v) is 12.9. The zero-order chi connectivity index (χ0) is 14.1. The van der Waals surface area contributed by atoms with Gasteiger partial charge in [-0.15, -0.1) is 0 Å². The molecule has 0 unspecified atom stereocenters. The highest BCUT2D eigenvalue weighted by Crippen LogP contribution is 2.27. The molecule has 2 heterocycles. The van der Waals surface area contributed by atoms with E-state index in [1.54, 1.807) is 0 Å². The van der Waals surface area contributed by atoms with E-state index in [1.807, 2.05) is 6.07 Å². The van der Waals surface area contributed by atoms with Gasteiger partial charge in [-0.2, -0.15) is 0 Å². The van der Waals surface area contributed by atoms with Crippen LogP contribution in [0.2, 0.25) is 5.02 Å². The maximum Gasteiger partial charge on any atom is 0.0594 e. The molecule has 0 aliphatic carbocycles. The van der Waals surface area contributed by atoms with Crippen LogP contribution in [-0.4, -0.2) is 35.8 Å². The van der Waals surface area contributed by atoms with Gasteiger partial charge in [0.1, 0.15) is 0 Å². The van der Waals surface area contributed by atoms with Crippen LogP contribution in [0.4, 0.5) is 0 Å². The highest BCUT2D eigenvalue weighted by Gasteiger charge is 2.16. The smallest absolute Gasteiger partial charge is 0.0594 e. The number of halogens is 1. The van der Waals surface area contributed by atoms with Crippen LogP contribution in [0.25, 0.3) is 10.9 Å². The van der Waals surface area contributed by atoms with Crippen molar-refractivity contribution in [1.29, 1.82) is 0 Å². The average Bonchev–Trinajstić information content (AvgIpc) is 2.76. The van der Waals surface area contributed by atoms with Crippen molar-refractivity contribution >= 4 is 22.5 Å². The summed E-state index contributed by atoms with van der Waals surface area (Å²) < 4.78 is 7.84. The number of benzene rings is 1. The van der Waals surface area contributed by atoms with Crippen molar-refractivity contribution in [1.82, 2.24) is 9.47 Å². The van der Waals surface area contributed by atoms with Crippen LogP contribution in [0, 0.1) is 0 Å². The summed E-state index contributed by atoms with van der Waals surface area (Å²) in [5.74, 6) is 0. The molecule has 1 aliphatic rings. The maximum atomic E-state index is 6.12. The molecule has 0 atom stereocenters. The Bertz CT molecular complexity index is 600.